The predicted octanol–water partition coefficient (Wildman–Crippen LogP) is 5.90. The highest BCUT2D eigenvalue weighted by atomic mass is 31.1. The number of rotatable bonds is 3. The molecule has 3 aromatic rings. The van der Waals surface area contributed by atoms with Crippen molar-refractivity contribution in [3.63, 3.8) is 0 Å². The van der Waals surface area contributed by atoms with E-state index in [2.05, 4.69) is 86.7 Å². The normalized spacial score (nSPS) is 15.0. The molecule has 3 aromatic carbocycles. The molecule has 132 valence electrons. The summed E-state index contributed by atoms with van der Waals surface area (Å²) in [5, 5.41) is 2.95. The zero-order valence-corrected chi connectivity index (χ0v) is 16.8. The van der Waals surface area contributed by atoms with E-state index >= 15 is 0 Å². The molecule has 0 nitrogen and oxygen atoms in total. The van der Waals surface area contributed by atoms with Gasteiger partial charge in [-0.2, -0.15) is 0 Å². The maximum absolute atomic E-state index is 2.34. The fourth-order valence-corrected chi connectivity index (χ4v) is 5.79. The fraction of sp³-hybridized carbons (Fsp3) is 0.154. The van der Waals surface area contributed by atoms with Gasteiger partial charge in [0.25, 0.3) is 0 Å². The molecule has 0 fully saturated rings. The highest BCUT2D eigenvalue weighted by molar-refractivity contribution is 7.56. The van der Waals surface area contributed by atoms with Crippen LogP contribution in [0.2, 0.25) is 0 Å². The summed E-state index contributed by atoms with van der Waals surface area (Å²) in [6, 6.07) is 22.5. The van der Waals surface area contributed by atoms with E-state index in [0.29, 0.717) is 8.58 Å². The zero-order chi connectivity index (χ0) is 18.4. The Morgan fingerprint density at radius 2 is 1.19 bits per heavy atom. The van der Waals surface area contributed by atoms with Crippen molar-refractivity contribution in [2.75, 3.05) is 0 Å². The van der Waals surface area contributed by atoms with Gasteiger partial charge >= 0.3 is 0 Å². The lowest BCUT2D eigenvalue weighted by atomic mass is 9.96. The molecule has 0 aromatic heterocycles. The van der Waals surface area contributed by atoms with E-state index < -0.39 is 0 Å². The summed E-state index contributed by atoms with van der Waals surface area (Å²) in [5.41, 5.74) is 11.6. The summed E-state index contributed by atoms with van der Waals surface area (Å²) >= 11 is 0. The maximum atomic E-state index is 2.34. The Morgan fingerprint density at radius 3 is 2.00 bits per heavy atom. The summed E-state index contributed by atoms with van der Waals surface area (Å²) in [4.78, 5) is 0. The minimum absolute atomic E-state index is 0.691. The van der Waals surface area contributed by atoms with Gasteiger partial charge in [-0.25, -0.2) is 0 Å². The van der Waals surface area contributed by atoms with E-state index in [0.717, 1.165) is 12.8 Å². The van der Waals surface area contributed by atoms with Crippen molar-refractivity contribution in [1.82, 2.24) is 0 Å². The van der Waals surface area contributed by atoms with Crippen LogP contribution >= 0.6 is 8.58 Å². The van der Waals surface area contributed by atoms with Crippen molar-refractivity contribution in [1.29, 1.82) is 0 Å². The third-order valence-electron chi connectivity index (χ3n) is 5.63. The molecule has 1 unspecified atom stereocenters. The predicted molar refractivity (Wildman–Crippen MR) is 121 cm³/mol. The first kappa shape index (κ1) is 16.7. The lowest BCUT2D eigenvalue weighted by Gasteiger charge is -2.15. The Morgan fingerprint density at radius 1 is 0.593 bits per heavy atom. The Balaban J connectivity index is 1.57. The Hall–Kier alpha value is -2.43. The molecule has 1 atom stereocenters. The average molecular weight is 366 g/mol. The molecule has 0 aliphatic heterocycles. The van der Waals surface area contributed by atoms with Crippen LogP contribution in [-0.4, -0.2) is 0 Å². The number of benzene rings is 3. The zero-order valence-electron chi connectivity index (χ0n) is 15.8. The molecular formula is C26H23P. The van der Waals surface area contributed by atoms with Gasteiger partial charge < -0.3 is 0 Å². The van der Waals surface area contributed by atoms with Crippen LogP contribution < -0.4 is 10.6 Å². The van der Waals surface area contributed by atoms with Gasteiger partial charge in [0.15, 0.2) is 0 Å². The van der Waals surface area contributed by atoms with Gasteiger partial charge in [0.05, 0.1) is 0 Å². The minimum Gasteiger partial charge on any atom is -0.0683 e. The monoisotopic (exact) mass is 366 g/mol. The van der Waals surface area contributed by atoms with E-state index in [1.165, 1.54) is 55.1 Å². The van der Waals surface area contributed by atoms with Crippen LogP contribution in [0.25, 0.3) is 23.3 Å². The number of hydrogen-bond acceptors (Lipinski definition) is 0. The summed E-state index contributed by atoms with van der Waals surface area (Å²) in [6.45, 7) is 4.48. The van der Waals surface area contributed by atoms with Gasteiger partial charge in [0.1, 0.15) is 0 Å². The van der Waals surface area contributed by atoms with Gasteiger partial charge in [-0.15, -0.1) is 0 Å². The van der Waals surface area contributed by atoms with Crippen LogP contribution in [0.3, 0.4) is 0 Å². The highest BCUT2D eigenvalue weighted by Gasteiger charge is 2.18. The number of hydrogen-bond donors (Lipinski definition) is 0. The van der Waals surface area contributed by atoms with E-state index in [9.17, 15) is 0 Å². The summed E-state index contributed by atoms with van der Waals surface area (Å²) < 4.78 is 0. The SMILES string of the molecule is CC1=Cc2cccc(Pc3ccccc3-c3cccc4c3CC(C)=C4)c2C1. The van der Waals surface area contributed by atoms with Crippen molar-refractivity contribution in [2.24, 2.45) is 0 Å². The second kappa shape index (κ2) is 6.63. The summed E-state index contributed by atoms with van der Waals surface area (Å²) in [7, 11) is 0.691. The van der Waals surface area contributed by atoms with Crippen LogP contribution in [-0.2, 0) is 12.8 Å². The quantitative estimate of drug-likeness (QED) is 0.506. The summed E-state index contributed by atoms with van der Waals surface area (Å²) in [5.74, 6) is 0. The first-order chi connectivity index (χ1) is 13.2. The van der Waals surface area contributed by atoms with Crippen molar-refractivity contribution in [2.45, 2.75) is 26.7 Å². The molecule has 0 saturated heterocycles. The van der Waals surface area contributed by atoms with Crippen LogP contribution in [0, 0.1) is 0 Å². The standard InChI is InChI=1S/C26H23P/c1-17-13-19-7-5-10-21(23(19)15-17)22-9-3-4-11-25(22)27-26-12-6-8-20-14-18(2)16-24(20)26/h3-14,27H,15-16H2,1-2H3. The minimum atomic E-state index is 0.691. The van der Waals surface area contributed by atoms with E-state index in [4.69, 9.17) is 0 Å². The molecule has 1 heteroatoms. The third kappa shape index (κ3) is 2.99. The molecule has 0 radical (unpaired) electrons. The largest absolute Gasteiger partial charge is 0.0683 e. The topological polar surface area (TPSA) is 0 Å². The molecular weight excluding hydrogens is 343 g/mol. The molecule has 0 amide bonds. The third-order valence-corrected chi connectivity index (χ3v) is 7.07. The molecule has 2 aliphatic rings. The van der Waals surface area contributed by atoms with Crippen LogP contribution in [0.1, 0.15) is 36.1 Å². The Kier molecular flexibility index (Phi) is 4.10. The number of allylic oxidation sites excluding steroid dienone is 2. The van der Waals surface area contributed by atoms with Gasteiger partial charge in [0.2, 0.25) is 0 Å². The van der Waals surface area contributed by atoms with Crippen molar-refractivity contribution >= 4 is 31.3 Å². The van der Waals surface area contributed by atoms with Gasteiger partial charge in [-0.1, -0.05) is 92.5 Å². The van der Waals surface area contributed by atoms with Gasteiger partial charge in [-0.3, -0.25) is 0 Å². The van der Waals surface area contributed by atoms with Crippen molar-refractivity contribution in [3.8, 4) is 11.1 Å². The summed E-state index contributed by atoms with van der Waals surface area (Å²) in [6.07, 6.45) is 6.85. The van der Waals surface area contributed by atoms with Crippen molar-refractivity contribution in [3.05, 3.63) is 94.1 Å². The first-order valence-corrected chi connectivity index (χ1v) is 10.6. The second-order valence-electron chi connectivity index (χ2n) is 7.75. The van der Waals surface area contributed by atoms with Crippen molar-refractivity contribution < 1.29 is 0 Å². The average Bonchev–Trinajstić information content (AvgIpc) is 3.23. The number of fused-ring (bicyclic) bond motifs is 2. The highest BCUT2D eigenvalue weighted by Crippen LogP contribution is 2.35. The molecule has 0 bridgehead atoms. The maximum Gasteiger partial charge on any atom is -0.00542 e. The molecule has 0 N–H and O–H groups in total. The van der Waals surface area contributed by atoms with E-state index in [1.54, 1.807) is 0 Å². The first-order valence-electron chi connectivity index (χ1n) is 9.63. The molecule has 0 spiro atoms. The van der Waals surface area contributed by atoms with Gasteiger partial charge in [-0.05, 0) is 70.7 Å². The second-order valence-corrected chi connectivity index (χ2v) is 9.08. The van der Waals surface area contributed by atoms with Crippen LogP contribution in [0.5, 0.6) is 0 Å². The smallest absolute Gasteiger partial charge is 0.00542 e. The molecule has 27 heavy (non-hydrogen) atoms. The van der Waals surface area contributed by atoms with E-state index in [-0.39, 0.29) is 0 Å². The molecule has 0 saturated carbocycles. The molecule has 0 heterocycles. The Labute approximate surface area is 163 Å². The van der Waals surface area contributed by atoms with Crippen LogP contribution in [0.15, 0.2) is 71.8 Å². The van der Waals surface area contributed by atoms with Crippen LogP contribution in [0.4, 0.5) is 0 Å². The molecule has 2 aliphatic carbocycles. The molecule has 5 rings (SSSR count). The lowest BCUT2D eigenvalue weighted by molar-refractivity contribution is 1.20. The lowest BCUT2D eigenvalue weighted by Crippen LogP contribution is -2.11. The Bertz CT molecular complexity index is 1110. The van der Waals surface area contributed by atoms with E-state index in [1.807, 2.05) is 0 Å². The van der Waals surface area contributed by atoms with Gasteiger partial charge in [0, 0.05) is 0 Å². The fourth-order valence-electron chi connectivity index (χ4n) is 4.41.